The number of nitrogens with zero attached hydrogens (tertiary/aromatic N) is 3. The predicted octanol–water partition coefficient (Wildman–Crippen LogP) is 2.87. The third kappa shape index (κ3) is 3.42. The molecule has 120 valence electrons. The largest absolute Gasteiger partial charge is 0.455 e. The van der Waals surface area contributed by atoms with Crippen LogP contribution in [0.15, 0.2) is 34.1 Å². The number of thioether (sulfide) groups is 1. The molecule has 0 atom stereocenters. The van der Waals surface area contributed by atoms with Gasteiger partial charge in [0.2, 0.25) is 0 Å². The van der Waals surface area contributed by atoms with E-state index in [9.17, 15) is 10.1 Å². The Morgan fingerprint density at radius 3 is 2.96 bits per heavy atom. The first-order valence-corrected chi connectivity index (χ1v) is 8.53. The van der Waals surface area contributed by atoms with Gasteiger partial charge in [0.15, 0.2) is 10.9 Å². The van der Waals surface area contributed by atoms with Crippen LogP contribution in [0.3, 0.4) is 0 Å². The highest BCUT2D eigenvalue weighted by molar-refractivity contribution is 7.98. The van der Waals surface area contributed by atoms with Gasteiger partial charge in [0.05, 0.1) is 11.8 Å². The Labute approximate surface area is 138 Å². The number of imidazole rings is 1. The fourth-order valence-corrected chi connectivity index (χ4v) is 3.55. The van der Waals surface area contributed by atoms with Crippen molar-refractivity contribution in [3.05, 3.63) is 36.0 Å². The number of nitrogens with one attached hydrogen (secondary N) is 1. The van der Waals surface area contributed by atoms with Crippen molar-refractivity contribution in [2.24, 2.45) is 7.05 Å². The Balaban J connectivity index is 1.61. The molecular weight excluding hydrogens is 312 g/mol. The van der Waals surface area contributed by atoms with Crippen molar-refractivity contribution < 1.29 is 9.21 Å². The second-order valence-corrected chi connectivity index (χ2v) is 6.67. The molecule has 1 amide bonds. The van der Waals surface area contributed by atoms with Crippen molar-refractivity contribution in [3.8, 4) is 6.07 Å². The third-order valence-electron chi connectivity index (χ3n) is 4.03. The number of nitriles is 1. The Morgan fingerprint density at radius 2 is 2.30 bits per heavy atom. The summed E-state index contributed by atoms with van der Waals surface area (Å²) in [4.78, 5) is 16.5. The number of carbonyl (C=O) groups excluding carboxylic acids is 1. The predicted molar refractivity (Wildman–Crippen MR) is 85.8 cm³/mol. The monoisotopic (exact) mass is 330 g/mol. The first-order valence-electron chi connectivity index (χ1n) is 7.54. The third-order valence-corrected chi connectivity index (χ3v) is 5.11. The first kappa shape index (κ1) is 15.7. The summed E-state index contributed by atoms with van der Waals surface area (Å²) in [6, 6.07) is 5.69. The molecule has 2 heterocycles. The molecule has 6 nitrogen and oxygen atoms in total. The maximum Gasteiger partial charge on any atom is 0.288 e. The van der Waals surface area contributed by atoms with Crippen LogP contribution in [0, 0.1) is 11.3 Å². The summed E-state index contributed by atoms with van der Waals surface area (Å²) < 4.78 is 7.53. The second kappa shape index (κ2) is 6.50. The lowest BCUT2D eigenvalue weighted by molar-refractivity contribution is 0.0891. The number of aromatic nitrogens is 2. The number of amides is 1. The molecule has 0 bridgehead atoms. The van der Waals surface area contributed by atoms with Crippen LogP contribution in [0.2, 0.25) is 0 Å². The van der Waals surface area contributed by atoms with Crippen LogP contribution in [0.1, 0.15) is 42.0 Å². The molecule has 2 aromatic rings. The van der Waals surface area contributed by atoms with Crippen LogP contribution < -0.4 is 5.32 Å². The molecule has 1 fully saturated rings. The maximum atomic E-state index is 12.3. The number of aryl methyl sites for hydroxylation is 1. The van der Waals surface area contributed by atoms with E-state index in [1.807, 2.05) is 17.8 Å². The van der Waals surface area contributed by atoms with Crippen LogP contribution in [0.5, 0.6) is 0 Å². The molecule has 0 aromatic carbocycles. The summed E-state index contributed by atoms with van der Waals surface area (Å²) in [5.41, 5.74) is -0.730. The minimum Gasteiger partial charge on any atom is -0.455 e. The van der Waals surface area contributed by atoms with Gasteiger partial charge in [-0.05, 0) is 37.8 Å². The van der Waals surface area contributed by atoms with Gasteiger partial charge < -0.3 is 14.3 Å². The number of furan rings is 1. The van der Waals surface area contributed by atoms with Gasteiger partial charge in [-0.3, -0.25) is 4.79 Å². The minimum atomic E-state index is -0.730. The number of hydrogen-bond acceptors (Lipinski definition) is 5. The molecule has 1 saturated carbocycles. The zero-order chi connectivity index (χ0) is 16.3. The number of carbonyl (C=O) groups is 1. The van der Waals surface area contributed by atoms with Gasteiger partial charge in [0.25, 0.3) is 5.91 Å². The number of hydrogen-bond donors (Lipinski definition) is 1. The molecule has 23 heavy (non-hydrogen) atoms. The van der Waals surface area contributed by atoms with E-state index in [4.69, 9.17) is 4.42 Å². The van der Waals surface area contributed by atoms with Crippen LogP contribution in [-0.4, -0.2) is 21.0 Å². The van der Waals surface area contributed by atoms with Crippen LogP contribution >= 0.6 is 11.8 Å². The van der Waals surface area contributed by atoms with Crippen molar-refractivity contribution in [1.82, 2.24) is 14.9 Å². The van der Waals surface area contributed by atoms with Crippen molar-refractivity contribution in [2.45, 2.75) is 42.1 Å². The van der Waals surface area contributed by atoms with Crippen LogP contribution in [0.25, 0.3) is 0 Å². The van der Waals surface area contributed by atoms with Crippen molar-refractivity contribution >= 4 is 17.7 Å². The molecule has 0 aliphatic heterocycles. The highest BCUT2D eigenvalue weighted by atomic mass is 32.2. The SMILES string of the molecule is Cn1ccnc1SCc1ccc(C(=O)NC2(C#N)CCCC2)o1. The van der Waals surface area contributed by atoms with E-state index in [0.29, 0.717) is 24.4 Å². The standard InChI is InChI=1S/C16H18N4O2S/c1-20-9-8-18-15(20)23-10-12-4-5-13(22-12)14(21)19-16(11-17)6-2-3-7-16/h4-5,8-9H,2-3,6-7,10H2,1H3,(H,19,21). The van der Waals surface area contributed by atoms with Gasteiger partial charge in [-0.15, -0.1) is 0 Å². The molecule has 1 aliphatic rings. The molecule has 0 unspecified atom stereocenters. The lowest BCUT2D eigenvalue weighted by Gasteiger charge is -2.21. The summed E-state index contributed by atoms with van der Waals surface area (Å²) in [5.74, 6) is 1.24. The van der Waals surface area contributed by atoms with E-state index in [2.05, 4.69) is 16.4 Å². The highest BCUT2D eigenvalue weighted by Crippen LogP contribution is 2.29. The van der Waals surface area contributed by atoms with E-state index in [0.717, 1.165) is 18.0 Å². The van der Waals surface area contributed by atoms with E-state index in [-0.39, 0.29) is 11.7 Å². The zero-order valence-electron chi connectivity index (χ0n) is 12.9. The van der Waals surface area contributed by atoms with Gasteiger partial charge in [0, 0.05) is 19.4 Å². The molecule has 3 rings (SSSR count). The summed E-state index contributed by atoms with van der Waals surface area (Å²) in [7, 11) is 1.93. The molecule has 1 N–H and O–H groups in total. The normalized spacial score (nSPS) is 16.2. The molecule has 1 aliphatic carbocycles. The molecular formula is C16H18N4O2S. The maximum absolute atomic E-state index is 12.3. The van der Waals surface area contributed by atoms with Crippen molar-refractivity contribution in [3.63, 3.8) is 0 Å². The fraction of sp³-hybridized carbons (Fsp3) is 0.438. The van der Waals surface area contributed by atoms with Gasteiger partial charge in [-0.25, -0.2) is 4.98 Å². The lowest BCUT2D eigenvalue weighted by Crippen LogP contribution is -2.44. The Hall–Kier alpha value is -2.20. The van der Waals surface area contributed by atoms with E-state index in [1.165, 1.54) is 0 Å². The van der Waals surface area contributed by atoms with Gasteiger partial charge in [0.1, 0.15) is 11.3 Å². The minimum absolute atomic E-state index is 0.252. The van der Waals surface area contributed by atoms with E-state index < -0.39 is 5.54 Å². The van der Waals surface area contributed by atoms with Crippen molar-refractivity contribution in [2.75, 3.05) is 0 Å². The van der Waals surface area contributed by atoms with Crippen LogP contribution in [-0.2, 0) is 12.8 Å². The summed E-state index contributed by atoms with van der Waals surface area (Å²) >= 11 is 1.54. The molecule has 0 saturated heterocycles. The lowest BCUT2D eigenvalue weighted by atomic mass is 10.00. The first-order chi connectivity index (χ1) is 11.1. The van der Waals surface area contributed by atoms with Gasteiger partial charge in [-0.2, -0.15) is 5.26 Å². The molecule has 0 radical (unpaired) electrons. The molecule has 2 aromatic heterocycles. The van der Waals surface area contributed by atoms with Gasteiger partial charge >= 0.3 is 0 Å². The fourth-order valence-electron chi connectivity index (χ4n) is 2.73. The summed E-state index contributed by atoms with van der Waals surface area (Å²) in [6.45, 7) is 0. The quantitative estimate of drug-likeness (QED) is 0.852. The molecule has 7 heteroatoms. The van der Waals surface area contributed by atoms with E-state index >= 15 is 0 Å². The summed E-state index contributed by atoms with van der Waals surface area (Å²) in [6.07, 6.45) is 6.98. The van der Waals surface area contributed by atoms with Crippen LogP contribution in [0.4, 0.5) is 0 Å². The zero-order valence-corrected chi connectivity index (χ0v) is 13.7. The molecule has 0 spiro atoms. The smallest absolute Gasteiger partial charge is 0.288 e. The van der Waals surface area contributed by atoms with Gasteiger partial charge in [-0.1, -0.05) is 11.8 Å². The Morgan fingerprint density at radius 1 is 1.52 bits per heavy atom. The van der Waals surface area contributed by atoms with Crippen molar-refractivity contribution in [1.29, 1.82) is 5.26 Å². The average molecular weight is 330 g/mol. The Kier molecular flexibility index (Phi) is 4.44. The highest BCUT2D eigenvalue weighted by Gasteiger charge is 2.36. The number of rotatable bonds is 5. The summed E-state index contributed by atoms with van der Waals surface area (Å²) in [5, 5.41) is 13.0. The average Bonchev–Trinajstić information content (AvgIpc) is 3.26. The topological polar surface area (TPSA) is 83.9 Å². The van der Waals surface area contributed by atoms with E-state index in [1.54, 1.807) is 30.1 Å². The Bertz CT molecular complexity index is 737. The second-order valence-electron chi connectivity index (χ2n) is 5.73.